The summed E-state index contributed by atoms with van der Waals surface area (Å²) in [4.78, 5) is 0. The molecule has 0 amide bonds. The summed E-state index contributed by atoms with van der Waals surface area (Å²) in [6.45, 7) is 0. The van der Waals surface area contributed by atoms with E-state index in [2.05, 4.69) is 0 Å². The maximum atomic E-state index is 13.7. The number of hydroxylamine groups is 1. The third-order valence-corrected chi connectivity index (χ3v) is 5.04. The van der Waals surface area contributed by atoms with Gasteiger partial charge in [0.25, 0.3) is 0 Å². The van der Waals surface area contributed by atoms with Crippen molar-refractivity contribution >= 4 is 11.8 Å². The van der Waals surface area contributed by atoms with Crippen molar-refractivity contribution in [2.75, 3.05) is 19.3 Å². The van der Waals surface area contributed by atoms with Crippen LogP contribution in [0.5, 0.6) is 11.5 Å². The molecule has 0 atom stereocenters. The smallest absolute Gasteiger partial charge is 0.139 e. The van der Waals surface area contributed by atoms with Crippen molar-refractivity contribution in [2.45, 2.75) is 5.54 Å². The highest BCUT2D eigenvalue weighted by Crippen LogP contribution is 2.45. The number of ether oxygens (including phenoxy) is 2. The highest BCUT2D eigenvalue weighted by atomic mass is 16.5. The summed E-state index contributed by atoms with van der Waals surface area (Å²) in [6, 6.07) is 22.9. The molecule has 4 heteroatoms. The van der Waals surface area contributed by atoms with Gasteiger partial charge in [-0.2, -0.15) is 0 Å². The molecule has 4 rings (SSSR count). The first-order valence-corrected chi connectivity index (χ1v) is 8.74. The number of nitrogens with zero attached hydrogens (tertiary/aromatic N) is 1. The van der Waals surface area contributed by atoms with Gasteiger partial charge in [0.1, 0.15) is 17.0 Å². The molecule has 0 aliphatic carbocycles. The third kappa shape index (κ3) is 2.75. The Morgan fingerprint density at radius 3 is 1.78 bits per heavy atom. The number of rotatable bonds is 4. The van der Waals surface area contributed by atoms with Crippen LogP contribution in [0.15, 0.2) is 78.9 Å². The molecule has 0 aromatic heterocycles. The normalized spacial score (nSPS) is 14.6. The van der Waals surface area contributed by atoms with Gasteiger partial charge in [0.15, 0.2) is 0 Å². The summed E-state index contributed by atoms with van der Waals surface area (Å²) in [6.07, 6.45) is 3.98. The summed E-state index contributed by atoms with van der Waals surface area (Å²) in [5, 5.41) is 14.7. The molecule has 0 fully saturated rings. The van der Waals surface area contributed by atoms with Crippen molar-refractivity contribution in [3.8, 4) is 11.5 Å². The molecular weight excluding hydrogens is 338 g/mol. The summed E-state index contributed by atoms with van der Waals surface area (Å²) in [5.74, 6) is 1.50. The van der Waals surface area contributed by atoms with Crippen molar-refractivity contribution in [1.82, 2.24) is 0 Å². The quantitative estimate of drug-likeness (QED) is 0.671. The van der Waals surface area contributed by atoms with Gasteiger partial charge in [-0.25, -0.2) is 5.06 Å². The van der Waals surface area contributed by atoms with Gasteiger partial charge >= 0.3 is 0 Å². The number of hydrogen-bond donors (Lipinski definition) is 0. The van der Waals surface area contributed by atoms with Gasteiger partial charge in [-0.3, -0.25) is 0 Å². The van der Waals surface area contributed by atoms with Crippen LogP contribution in [-0.4, -0.2) is 14.2 Å². The molecule has 0 bridgehead atoms. The van der Waals surface area contributed by atoms with E-state index in [1.54, 1.807) is 14.2 Å². The first kappa shape index (κ1) is 17.2. The monoisotopic (exact) mass is 358 g/mol. The van der Waals surface area contributed by atoms with E-state index >= 15 is 0 Å². The largest absolute Gasteiger partial charge is 0.497 e. The molecule has 3 aromatic carbocycles. The fourth-order valence-electron chi connectivity index (χ4n) is 3.57. The van der Waals surface area contributed by atoms with E-state index in [0.717, 1.165) is 33.3 Å². The van der Waals surface area contributed by atoms with Crippen LogP contribution in [0.2, 0.25) is 0 Å². The Labute approximate surface area is 158 Å². The number of para-hydroxylation sites is 1. The number of methoxy groups -OCH3 is 2. The molecule has 4 nitrogen and oxygen atoms in total. The van der Waals surface area contributed by atoms with Crippen molar-refractivity contribution in [3.05, 3.63) is 95.6 Å². The molecule has 0 spiro atoms. The fraction of sp³-hybridized carbons (Fsp3) is 0.130. The molecule has 0 saturated heterocycles. The molecule has 1 heterocycles. The summed E-state index contributed by atoms with van der Waals surface area (Å²) >= 11 is 0. The van der Waals surface area contributed by atoms with Crippen LogP contribution in [0.3, 0.4) is 0 Å². The van der Waals surface area contributed by atoms with Crippen LogP contribution in [0.25, 0.3) is 6.08 Å². The molecule has 135 valence electrons. The minimum Gasteiger partial charge on any atom is -0.497 e. The minimum atomic E-state index is -0.965. The van der Waals surface area contributed by atoms with E-state index in [4.69, 9.17) is 9.47 Å². The maximum absolute atomic E-state index is 13.7. The molecule has 0 unspecified atom stereocenters. The predicted molar refractivity (Wildman–Crippen MR) is 105 cm³/mol. The topological polar surface area (TPSA) is 41.6 Å². The molecule has 3 aromatic rings. The van der Waals surface area contributed by atoms with Gasteiger partial charge in [-0.15, -0.1) is 0 Å². The molecule has 1 radical (unpaired) electrons. The van der Waals surface area contributed by atoms with Gasteiger partial charge in [0, 0.05) is 5.56 Å². The summed E-state index contributed by atoms with van der Waals surface area (Å²) < 4.78 is 10.6. The number of fused-ring (bicyclic) bond motifs is 1. The number of anilines is 1. The Morgan fingerprint density at radius 2 is 1.26 bits per heavy atom. The molecule has 27 heavy (non-hydrogen) atoms. The minimum absolute atomic E-state index is 0.645. The van der Waals surface area contributed by atoms with Gasteiger partial charge in [0.2, 0.25) is 0 Å². The molecular formula is C23H20NO3. The Balaban J connectivity index is 1.92. The number of benzene rings is 3. The zero-order chi connectivity index (χ0) is 18.9. The average molecular weight is 358 g/mol. The Morgan fingerprint density at radius 1 is 0.741 bits per heavy atom. The van der Waals surface area contributed by atoms with Crippen LogP contribution < -0.4 is 14.5 Å². The first-order valence-electron chi connectivity index (χ1n) is 8.74. The van der Waals surface area contributed by atoms with E-state index in [0.29, 0.717) is 5.69 Å². The second-order valence-electron chi connectivity index (χ2n) is 6.41. The van der Waals surface area contributed by atoms with E-state index in [-0.39, 0.29) is 0 Å². The zero-order valence-corrected chi connectivity index (χ0v) is 15.3. The van der Waals surface area contributed by atoms with Crippen LogP contribution in [-0.2, 0) is 10.7 Å². The number of hydrogen-bond acceptors (Lipinski definition) is 3. The van der Waals surface area contributed by atoms with Crippen molar-refractivity contribution in [1.29, 1.82) is 0 Å². The Kier molecular flexibility index (Phi) is 4.34. The van der Waals surface area contributed by atoms with Crippen molar-refractivity contribution in [3.63, 3.8) is 0 Å². The molecule has 1 aliphatic rings. The van der Waals surface area contributed by atoms with E-state index in [1.807, 2.05) is 84.9 Å². The lowest BCUT2D eigenvalue weighted by atomic mass is 9.79. The van der Waals surface area contributed by atoms with Crippen LogP contribution in [0.4, 0.5) is 5.69 Å². The van der Waals surface area contributed by atoms with Crippen LogP contribution >= 0.6 is 0 Å². The second-order valence-corrected chi connectivity index (χ2v) is 6.41. The van der Waals surface area contributed by atoms with Gasteiger partial charge in [-0.05, 0) is 47.5 Å². The van der Waals surface area contributed by atoms with Crippen molar-refractivity contribution in [2.24, 2.45) is 0 Å². The van der Waals surface area contributed by atoms with E-state index in [1.165, 1.54) is 0 Å². The first-order chi connectivity index (χ1) is 13.2. The second kappa shape index (κ2) is 6.82. The fourth-order valence-corrected chi connectivity index (χ4v) is 3.57. The average Bonchev–Trinajstić information content (AvgIpc) is 2.75. The lowest BCUT2D eigenvalue weighted by Gasteiger charge is -2.41. The van der Waals surface area contributed by atoms with Gasteiger partial charge < -0.3 is 9.47 Å². The van der Waals surface area contributed by atoms with Crippen LogP contribution in [0.1, 0.15) is 16.7 Å². The lowest BCUT2D eigenvalue weighted by Crippen LogP contribution is -2.44. The molecule has 0 saturated carbocycles. The summed E-state index contributed by atoms with van der Waals surface area (Å²) in [5.41, 5.74) is 2.33. The molecule has 1 aliphatic heterocycles. The van der Waals surface area contributed by atoms with E-state index in [9.17, 15) is 5.21 Å². The van der Waals surface area contributed by atoms with E-state index < -0.39 is 5.54 Å². The Bertz CT molecular complexity index is 914. The highest BCUT2D eigenvalue weighted by Gasteiger charge is 2.42. The van der Waals surface area contributed by atoms with Crippen LogP contribution in [0, 0.1) is 0 Å². The van der Waals surface area contributed by atoms with Gasteiger partial charge in [-0.1, -0.05) is 53.7 Å². The SMILES string of the molecule is COc1ccc(C2(c3ccc(OC)cc3)C=Cc3ccccc3N2[O])cc1. The molecule has 0 N–H and O–H groups in total. The third-order valence-electron chi connectivity index (χ3n) is 5.04. The van der Waals surface area contributed by atoms with Crippen molar-refractivity contribution < 1.29 is 14.7 Å². The highest BCUT2D eigenvalue weighted by molar-refractivity contribution is 5.75. The standard InChI is InChI=1S/C23H20NO3/c1-26-20-11-7-18(8-12-20)23(19-9-13-21(27-2)14-10-19)16-15-17-5-3-4-6-22(17)24(23)25/h3-16H,1-2H3. The Hall–Kier alpha value is -3.24. The predicted octanol–water partition coefficient (Wildman–Crippen LogP) is 4.83. The summed E-state index contributed by atoms with van der Waals surface area (Å²) in [7, 11) is 3.26. The lowest BCUT2D eigenvalue weighted by molar-refractivity contribution is 0.113. The zero-order valence-electron chi connectivity index (χ0n) is 15.3. The maximum Gasteiger partial charge on any atom is 0.139 e. The van der Waals surface area contributed by atoms with Gasteiger partial charge in [0.05, 0.1) is 19.9 Å².